The summed E-state index contributed by atoms with van der Waals surface area (Å²) in [7, 11) is 1.78. The molecule has 1 N–H and O–H groups in total. The molecule has 2 atom stereocenters. The summed E-state index contributed by atoms with van der Waals surface area (Å²) in [5.74, 6) is -1.42. The van der Waals surface area contributed by atoms with Gasteiger partial charge in [-0.1, -0.05) is 13.8 Å². The van der Waals surface area contributed by atoms with Crippen molar-refractivity contribution in [2.45, 2.75) is 20.3 Å². The number of hydrogen-bond donors (Lipinski definition) is 1. The van der Waals surface area contributed by atoms with Crippen LogP contribution in [0.4, 0.5) is 0 Å². The number of carboxylic acid groups (broad SMARTS) is 1. The van der Waals surface area contributed by atoms with Crippen molar-refractivity contribution in [3.63, 3.8) is 0 Å². The second-order valence-electron chi connectivity index (χ2n) is 5.15. The van der Waals surface area contributed by atoms with Crippen LogP contribution < -0.4 is 0 Å². The van der Waals surface area contributed by atoms with E-state index in [0.717, 1.165) is 5.69 Å². The number of carbonyl (C=O) groups excluding carboxylic acids is 1. The molecule has 1 aromatic heterocycles. The van der Waals surface area contributed by atoms with Gasteiger partial charge in [-0.2, -0.15) is 5.10 Å². The van der Waals surface area contributed by atoms with Crippen LogP contribution >= 0.6 is 0 Å². The van der Waals surface area contributed by atoms with E-state index in [1.807, 2.05) is 13.8 Å². The number of likely N-dealkylation sites (tertiary alicyclic amines) is 1. The monoisotopic (exact) mass is 265 g/mol. The summed E-state index contributed by atoms with van der Waals surface area (Å²) >= 11 is 0. The fourth-order valence-electron chi connectivity index (χ4n) is 2.60. The van der Waals surface area contributed by atoms with Gasteiger partial charge in [0.25, 0.3) is 5.91 Å². The maximum absolute atomic E-state index is 12.4. The number of hydrogen-bond acceptors (Lipinski definition) is 3. The molecule has 2 heterocycles. The molecule has 104 valence electrons. The van der Waals surface area contributed by atoms with Crippen molar-refractivity contribution in [1.29, 1.82) is 0 Å². The van der Waals surface area contributed by atoms with Crippen molar-refractivity contribution >= 4 is 11.9 Å². The van der Waals surface area contributed by atoms with Crippen LogP contribution in [0, 0.1) is 11.8 Å². The Morgan fingerprint density at radius 3 is 2.68 bits per heavy atom. The van der Waals surface area contributed by atoms with Crippen molar-refractivity contribution in [3.05, 3.63) is 17.5 Å². The zero-order chi connectivity index (χ0) is 14.2. The number of rotatable bonds is 3. The molecule has 0 bridgehead atoms. The van der Waals surface area contributed by atoms with Crippen LogP contribution in [0.25, 0.3) is 0 Å². The van der Waals surface area contributed by atoms with Crippen LogP contribution in [0.3, 0.4) is 0 Å². The molecule has 19 heavy (non-hydrogen) atoms. The quantitative estimate of drug-likeness (QED) is 0.876. The topological polar surface area (TPSA) is 75.4 Å². The molecule has 2 rings (SSSR count). The maximum atomic E-state index is 12.4. The van der Waals surface area contributed by atoms with Gasteiger partial charge in [-0.25, -0.2) is 0 Å². The van der Waals surface area contributed by atoms with E-state index < -0.39 is 11.9 Å². The van der Waals surface area contributed by atoms with Gasteiger partial charge in [-0.05, 0) is 12.3 Å². The zero-order valence-electron chi connectivity index (χ0n) is 11.5. The summed E-state index contributed by atoms with van der Waals surface area (Å²) in [6.07, 6.45) is 2.40. The number of nitrogens with zero attached hydrogens (tertiary/aromatic N) is 3. The average Bonchev–Trinajstić information content (AvgIpc) is 2.91. The zero-order valence-corrected chi connectivity index (χ0v) is 11.5. The van der Waals surface area contributed by atoms with E-state index in [9.17, 15) is 9.59 Å². The van der Waals surface area contributed by atoms with Crippen molar-refractivity contribution in [3.8, 4) is 0 Å². The lowest BCUT2D eigenvalue weighted by atomic mass is 9.99. The predicted molar refractivity (Wildman–Crippen MR) is 68.8 cm³/mol. The fourth-order valence-corrected chi connectivity index (χ4v) is 2.60. The summed E-state index contributed by atoms with van der Waals surface area (Å²) in [4.78, 5) is 25.1. The highest BCUT2D eigenvalue weighted by atomic mass is 16.4. The lowest BCUT2D eigenvalue weighted by Crippen LogP contribution is -2.30. The molecule has 0 aromatic carbocycles. The van der Waals surface area contributed by atoms with E-state index in [-0.39, 0.29) is 18.4 Å². The van der Waals surface area contributed by atoms with Gasteiger partial charge in [0.15, 0.2) is 0 Å². The van der Waals surface area contributed by atoms with Crippen LogP contribution in [0.1, 0.15) is 29.9 Å². The van der Waals surface area contributed by atoms with E-state index in [4.69, 9.17) is 5.11 Å². The number of aryl methyl sites for hydroxylation is 2. The second-order valence-corrected chi connectivity index (χ2v) is 5.15. The Bertz CT molecular complexity index is 509. The van der Waals surface area contributed by atoms with Crippen LogP contribution in [-0.2, 0) is 18.3 Å². The lowest BCUT2D eigenvalue weighted by molar-refractivity contribution is -0.142. The molecule has 1 saturated heterocycles. The molecule has 6 heteroatoms. The summed E-state index contributed by atoms with van der Waals surface area (Å²) in [5, 5.41) is 13.4. The highest BCUT2D eigenvalue weighted by molar-refractivity contribution is 5.95. The Balaban J connectivity index is 2.19. The number of aromatic nitrogens is 2. The van der Waals surface area contributed by atoms with E-state index >= 15 is 0 Å². The SMILES string of the molecule is CCc1nn(C)cc1C(=O)N1CC(C)C(C(=O)O)C1. The molecule has 1 aliphatic rings. The molecule has 0 spiro atoms. The lowest BCUT2D eigenvalue weighted by Gasteiger charge is -2.15. The minimum absolute atomic E-state index is 0.0109. The van der Waals surface area contributed by atoms with Crippen molar-refractivity contribution < 1.29 is 14.7 Å². The van der Waals surface area contributed by atoms with Gasteiger partial charge < -0.3 is 10.0 Å². The smallest absolute Gasteiger partial charge is 0.308 e. The minimum Gasteiger partial charge on any atom is -0.481 e. The Morgan fingerprint density at radius 1 is 1.47 bits per heavy atom. The van der Waals surface area contributed by atoms with E-state index in [1.165, 1.54) is 0 Å². The summed E-state index contributed by atoms with van der Waals surface area (Å²) in [6.45, 7) is 4.60. The van der Waals surface area contributed by atoms with Crippen LogP contribution in [-0.4, -0.2) is 44.8 Å². The Morgan fingerprint density at radius 2 is 2.16 bits per heavy atom. The van der Waals surface area contributed by atoms with Crippen molar-refractivity contribution in [2.24, 2.45) is 18.9 Å². The van der Waals surface area contributed by atoms with Crippen LogP contribution in [0.5, 0.6) is 0 Å². The van der Waals surface area contributed by atoms with Gasteiger partial charge >= 0.3 is 5.97 Å². The van der Waals surface area contributed by atoms with Crippen molar-refractivity contribution in [1.82, 2.24) is 14.7 Å². The largest absolute Gasteiger partial charge is 0.481 e. The molecule has 0 radical (unpaired) electrons. The van der Waals surface area contributed by atoms with Crippen LogP contribution in [0.15, 0.2) is 6.20 Å². The molecular formula is C13H19N3O3. The number of aliphatic carboxylic acids is 1. The summed E-state index contributed by atoms with van der Waals surface area (Å²) in [6, 6.07) is 0. The van der Waals surface area contributed by atoms with Crippen LogP contribution in [0.2, 0.25) is 0 Å². The summed E-state index contributed by atoms with van der Waals surface area (Å²) < 4.78 is 1.63. The number of carbonyl (C=O) groups is 2. The van der Waals surface area contributed by atoms with E-state index in [1.54, 1.807) is 22.8 Å². The molecular weight excluding hydrogens is 246 g/mol. The number of amides is 1. The molecule has 2 unspecified atom stereocenters. The molecule has 0 aliphatic carbocycles. The Labute approximate surface area is 112 Å². The van der Waals surface area contributed by atoms with E-state index in [2.05, 4.69) is 5.10 Å². The molecule has 6 nitrogen and oxygen atoms in total. The Kier molecular flexibility index (Phi) is 3.59. The summed E-state index contributed by atoms with van der Waals surface area (Å²) in [5.41, 5.74) is 1.35. The third-order valence-electron chi connectivity index (χ3n) is 3.69. The van der Waals surface area contributed by atoms with Gasteiger partial charge in [0.2, 0.25) is 0 Å². The normalized spacial score (nSPS) is 22.8. The molecule has 0 saturated carbocycles. The van der Waals surface area contributed by atoms with Gasteiger partial charge in [0.05, 0.1) is 17.2 Å². The van der Waals surface area contributed by atoms with Crippen molar-refractivity contribution in [2.75, 3.05) is 13.1 Å². The van der Waals surface area contributed by atoms with Gasteiger partial charge in [0.1, 0.15) is 0 Å². The third-order valence-corrected chi connectivity index (χ3v) is 3.69. The van der Waals surface area contributed by atoms with Gasteiger partial charge in [0, 0.05) is 26.3 Å². The van der Waals surface area contributed by atoms with E-state index in [0.29, 0.717) is 18.5 Å². The third kappa shape index (κ3) is 2.47. The van der Waals surface area contributed by atoms with Gasteiger partial charge in [-0.15, -0.1) is 0 Å². The second kappa shape index (κ2) is 5.03. The molecule has 1 aliphatic heterocycles. The van der Waals surface area contributed by atoms with Gasteiger partial charge in [-0.3, -0.25) is 14.3 Å². The maximum Gasteiger partial charge on any atom is 0.308 e. The fraction of sp³-hybridized carbons (Fsp3) is 0.615. The highest BCUT2D eigenvalue weighted by Crippen LogP contribution is 2.25. The molecule has 1 aromatic rings. The average molecular weight is 265 g/mol. The Hall–Kier alpha value is -1.85. The first-order valence-corrected chi connectivity index (χ1v) is 6.48. The highest BCUT2D eigenvalue weighted by Gasteiger charge is 2.37. The first-order chi connectivity index (χ1) is 8.93. The first-order valence-electron chi connectivity index (χ1n) is 6.48. The molecule has 1 fully saturated rings. The minimum atomic E-state index is -0.829. The first kappa shape index (κ1) is 13.6. The molecule has 1 amide bonds. The standard InChI is InChI=1S/C13H19N3O3/c1-4-11-10(6-15(3)14-11)12(17)16-5-8(2)9(7-16)13(18)19/h6,8-9H,4-5,7H2,1-3H3,(H,18,19). The predicted octanol–water partition coefficient (Wildman–Crippen LogP) is 0.775. The number of carboxylic acids is 1.